The van der Waals surface area contributed by atoms with Crippen molar-refractivity contribution in [1.82, 2.24) is 0 Å². The van der Waals surface area contributed by atoms with Crippen LogP contribution in [0.1, 0.15) is 271 Å². The quantitative estimate of drug-likeness (QED) is 0.0264. The maximum absolute atomic E-state index is 12.7. The molecule has 0 aliphatic rings. The first-order chi connectivity index (χ1) is 37.8. The zero-order chi connectivity index (χ0) is 55.9. The Morgan fingerprint density at radius 1 is 0.390 bits per heavy atom. The van der Waals surface area contributed by atoms with Crippen molar-refractivity contribution in [2.24, 2.45) is 5.73 Å². The number of allylic oxidation sites excluding steroid dienone is 18. The molecule has 0 saturated carbocycles. The summed E-state index contributed by atoms with van der Waals surface area (Å²) < 4.78 is 33.1. The Labute approximate surface area is 473 Å². The molecular formula is C67H116NO8P. The second-order valence-electron chi connectivity index (χ2n) is 20.5. The van der Waals surface area contributed by atoms with Crippen LogP contribution in [0, 0.1) is 0 Å². The predicted octanol–water partition coefficient (Wildman–Crippen LogP) is 20.2. The molecule has 0 amide bonds. The second kappa shape index (κ2) is 61.9. The molecule has 0 aromatic rings. The van der Waals surface area contributed by atoms with E-state index in [0.717, 1.165) is 103 Å². The summed E-state index contributed by atoms with van der Waals surface area (Å²) >= 11 is 0. The average molecular weight is 1090 g/mol. The second-order valence-corrected chi connectivity index (χ2v) is 22.0. The number of unbranched alkanes of at least 4 members (excludes halogenated alkanes) is 27. The summed E-state index contributed by atoms with van der Waals surface area (Å²) in [6.45, 7) is 3.53. The molecule has 0 saturated heterocycles. The molecule has 3 N–H and O–H groups in total. The molecule has 0 aromatic carbocycles. The Balaban J connectivity index is 3.93. The lowest BCUT2D eigenvalue weighted by Crippen LogP contribution is -2.29. The lowest BCUT2D eigenvalue weighted by Gasteiger charge is -2.19. The summed E-state index contributed by atoms with van der Waals surface area (Å²) in [6, 6.07) is 0. The number of hydrogen-bond donors (Lipinski definition) is 2. The van der Waals surface area contributed by atoms with E-state index in [9.17, 15) is 19.0 Å². The van der Waals surface area contributed by atoms with E-state index < -0.39 is 26.5 Å². The van der Waals surface area contributed by atoms with Crippen molar-refractivity contribution in [3.63, 3.8) is 0 Å². The molecule has 9 nitrogen and oxygen atoms in total. The van der Waals surface area contributed by atoms with Crippen molar-refractivity contribution in [2.75, 3.05) is 26.4 Å². The summed E-state index contributed by atoms with van der Waals surface area (Å²) in [5.41, 5.74) is 5.39. The van der Waals surface area contributed by atoms with Gasteiger partial charge < -0.3 is 20.1 Å². The van der Waals surface area contributed by atoms with Crippen molar-refractivity contribution >= 4 is 19.8 Å². The van der Waals surface area contributed by atoms with E-state index in [2.05, 4.69) is 123 Å². The number of nitrogens with two attached hydrogens (primary N) is 1. The lowest BCUT2D eigenvalue weighted by atomic mass is 10.0. The fourth-order valence-corrected chi connectivity index (χ4v) is 9.36. The Kier molecular flexibility index (Phi) is 59.2. The highest BCUT2D eigenvalue weighted by Gasteiger charge is 2.26. The van der Waals surface area contributed by atoms with E-state index in [1.54, 1.807) is 0 Å². The number of carbonyl (C=O) groups is 2. The Hall–Kier alpha value is -3.33. The zero-order valence-electron chi connectivity index (χ0n) is 49.4. The average Bonchev–Trinajstić information content (AvgIpc) is 3.42. The SMILES string of the molecule is CC/C=C\C/C=C\C/C=C\C/C=C\C/C=C\CCCCCCCCCCCC(=O)OC(COC(=O)CCCCCCCCCCCCCCCCCCCC/C=C\C/C=C\C/C=C\C/C=C\CC)COP(=O)(O)OCCN. The summed E-state index contributed by atoms with van der Waals surface area (Å²) in [6.07, 6.45) is 84.4. The van der Waals surface area contributed by atoms with Gasteiger partial charge in [0.05, 0.1) is 13.2 Å². The van der Waals surface area contributed by atoms with E-state index in [1.807, 2.05) is 0 Å². The van der Waals surface area contributed by atoms with Crippen LogP contribution in [-0.4, -0.2) is 49.3 Å². The maximum atomic E-state index is 12.7. The highest BCUT2D eigenvalue weighted by atomic mass is 31.2. The molecule has 442 valence electrons. The number of carbonyl (C=O) groups excluding carboxylic acids is 2. The van der Waals surface area contributed by atoms with Gasteiger partial charge in [0.25, 0.3) is 0 Å². The molecule has 2 atom stereocenters. The van der Waals surface area contributed by atoms with Crippen LogP contribution in [-0.2, 0) is 32.7 Å². The molecule has 0 heterocycles. The normalized spacial score (nSPS) is 13.8. The van der Waals surface area contributed by atoms with Gasteiger partial charge in [-0.1, -0.05) is 271 Å². The minimum Gasteiger partial charge on any atom is -0.462 e. The van der Waals surface area contributed by atoms with Crippen molar-refractivity contribution in [2.45, 2.75) is 277 Å². The highest BCUT2D eigenvalue weighted by Crippen LogP contribution is 2.43. The molecule has 2 unspecified atom stereocenters. The third-order valence-electron chi connectivity index (χ3n) is 13.2. The van der Waals surface area contributed by atoms with Crippen LogP contribution in [0.25, 0.3) is 0 Å². The van der Waals surface area contributed by atoms with Crippen LogP contribution >= 0.6 is 7.82 Å². The largest absolute Gasteiger partial charge is 0.472 e. The zero-order valence-corrected chi connectivity index (χ0v) is 50.3. The van der Waals surface area contributed by atoms with Gasteiger partial charge >= 0.3 is 19.8 Å². The number of phosphoric ester groups is 1. The standard InChI is InChI=1S/C67H116NO8P/c1-3-5-7-9-11-13-15-17-19-21-23-25-27-29-30-31-32-33-34-36-37-39-41-43-45-47-49-51-53-55-57-59-66(69)73-63-65(64-75-77(71,72)74-62-61-68)76-67(70)60-58-56-54-52-50-48-46-44-42-40-38-35-28-26-24-22-20-18-16-14-12-10-8-6-4-2/h5-8,11-14,17-20,23-26,35,38,65H,3-4,9-10,15-16,21-22,27-34,36-37,39-64,68H2,1-2H3,(H,71,72)/b7-5-,8-6-,13-11-,14-12-,19-17-,20-18-,25-23-,26-24-,38-35-. The third-order valence-corrected chi connectivity index (χ3v) is 14.1. The van der Waals surface area contributed by atoms with Crippen molar-refractivity contribution in [3.8, 4) is 0 Å². The van der Waals surface area contributed by atoms with Gasteiger partial charge in [0.2, 0.25) is 0 Å². The first-order valence-electron chi connectivity index (χ1n) is 31.4. The van der Waals surface area contributed by atoms with Gasteiger partial charge in [-0.15, -0.1) is 0 Å². The van der Waals surface area contributed by atoms with Gasteiger partial charge in [0.15, 0.2) is 6.10 Å². The van der Waals surface area contributed by atoms with Crippen molar-refractivity contribution in [3.05, 3.63) is 109 Å². The van der Waals surface area contributed by atoms with Crippen LogP contribution < -0.4 is 5.73 Å². The molecule has 0 aliphatic heterocycles. The summed E-state index contributed by atoms with van der Waals surface area (Å²) in [5.74, 6) is -0.832. The molecule has 0 spiro atoms. The molecule has 0 bridgehead atoms. The van der Waals surface area contributed by atoms with Gasteiger partial charge in [0.1, 0.15) is 6.61 Å². The van der Waals surface area contributed by atoms with Crippen LogP contribution in [0.15, 0.2) is 109 Å². The molecule has 10 heteroatoms. The summed E-state index contributed by atoms with van der Waals surface area (Å²) in [4.78, 5) is 35.3. The fourth-order valence-electron chi connectivity index (χ4n) is 8.60. The molecule has 0 rings (SSSR count). The van der Waals surface area contributed by atoms with E-state index in [0.29, 0.717) is 6.42 Å². The first-order valence-corrected chi connectivity index (χ1v) is 32.9. The van der Waals surface area contributed by atoms with Crippen LogP contribution in [0.4, 0.5) is 0 Å². The van der Waals surface area contributed by atoms with Gasteiger partial charge in [-0.05, 0) is 96.3 Å². The Bertz CT molecular complexity index is 1630. The minimum atomic E-state index is -4.40. The van der Waals surface area contributed by atoms with E-state index in [-0.39, 0.29) is 38.6 Å². The molecule has 0 radical (unpaired) electrons. The highest BCUT2D eigenvalue weighted by molar-refractivity contribution is 7.47. The predicted molar refractivity (Wildman–Crippen MR) is 330 cm³/mol. The fraction of sp³-hybridized carbons (Fsp3) is 0.701. The minimum absolute atomic E-state index is 0.0485. The van der Waals surface area contributed by atoms with Gasteiger partial charge in [-0.2, -0.15) is 0 Å². The number of hydrogen-bond acceptors (Lipinski definition) is 8. The van der Waals surface area contributed by atoms with E-state index >= 15 is 0 Å². The number of rotatable bonds is 58. The molecule has 0 aliphatic carbocycles. The summed E-state index contributed by atoms with van der Waals surface area (Å²) in [5, 5.41) is 0. The van der Waals surface area contributed by atoms with Crippen LogP contribution in [0.5, 0.6) is 0 Å². The molecule has 0 fully saturated rings. The van der Waals surface area contributed by atoms with Gasteiger partial charge in [-0.25, -0.2) is 4.57 Å². The van der Waals surface area contributed by atoms with Crippen LogP contribution in [0.2, 0.25) is 0 Å². The molecular weight excluding hydrogens is 978 g/mol. The van der Waals surface area contributed by atoms with E-state index in [4.69, 9.17) is 24.3 Å². The van der Waals surface area contributed by atoms with Crippen molar-refractivity contribution < 1.29 is 37.6 Å². The smallest absolute Gasteiger partial charge is 0.462 e. The summed E-state index contributed by atoms with van der Waals surface area (Å²) in [7, 11) is -4.40. The van der Waals surface area contributed by atoms with E-state index in [1.165, 1.54) is 135 Å². The molecule has 0 aromatic heterocycles. The monoisotopic (exact) mass is 1090 g/mol. The Morgan fingerprint density at radius 2 is 0.675 bits per heavy atom. The number of esters is 2. The van der Waals surface area contributed by atoms with Gasteiger partial charge in [0, 0.05) is 19.4 Å². The number of ether oxygens (including phenoxy) is 2. The maximum Gasteiger partial charge on any atom is 0.472 e. The third kappa shape index (κ3) is 61.7. The Morgan fingerprint density at radius 3 is 1.00 bits per heavy atom. The molecule has 77 heavy (non-hydrogen) atoms. The lowest BCUT2D eigenvalue weighted by molar-refractivity contribution is -0.161. The van der Waals surface area contributed by atoms with Crippen molar-refractivity contribution in [1.29, 1.82) is 0 Å². The number of phosphoric acid groups is 1. The first kappa shape index (κ1) is 73.7. The van der Waals surface area contributed by atoms with Crippen LogP contribution in [0.3, 0.4) is 0 Å². The van der Waals surface area contributed by atoms with Gasteiger partial charge in [-0.3, -0.25) is 18.6 Å². The topological polar surface area (TPSA) is 134 Å².